The summed E-state index contributed by atoms with van der Waals surface area (Å²) in [5.41, 5.74) is 1.70. The lowest BCUT2D eigenvalue weighted by atomic mass is 10.2. The number of benzene rings is 1. The molecule has 0 aliphatic heterocycles. The molecule has 92 valence electrons. The quantitative estimate of drug-likeness (QED) is 0.618. The van der Waals surface area contributed by atoms with Gasteiger partial charge in [0.25, 0.3) is 0 Å². The van der Waals surface area contributed by atoms with E-state index in [0.717, 1.165) is 21.5 Å². The molecule has 0 N–H and O–H groups in total. The van der Waals surface area contributed by atoms with E-state index in [1.54, 1.807) is 0 Å². The van der Waals surface area contributed by atoms with Gasteiger partial charge in [0.15, 0.2) is 16.1 Å². The van der Waals surface area contributed by atoms with Gasteiger partial charge in [-0.3, -0.25) is 0 Å². The fraction of sp³-hybridized carbons (Fsp3) is 0.154. The van der Waals surface area contributed by atoms with Crippen LogP contribution >= 0.6 is 31.9 Å². The summed E-state index contributed by atoms with van der Waals surface area (Å²) in [6.45, 7) is 0. The number of hydrogen-bond donors (Lipinski definition) is 0. The number of alkyl halides is 1. The number of nitrogens with zero attached hydrogens (tertiary/aromatic N) is 1. The van der Waals surface area contributed by atoms with E-state index in [1.807, 2.05) is 36.4 Å². The van der Waals surface area contributed by atoms with E-state index >= 15 is 0 Å². The van der Waals surface area contributed by atoms with E-state index in [1.165, 1.54) is 0 Å². The number of rotatable bonds is 3. The maximum Gasteiger partial charge on any atom is 0.197 e. The van der Waals surface area contributed by atoms with Gasteiger partial charge in [-0.1, -0.05) is 28.1 Å². The summed E-state index contributed by atoms with van der Waals surface area (Å²) in [5, 5.41) is 0. The monoisotopic (exact) mass is 369 g/mol. The zero-order valence-corrected chi connectivity index (χ0v) is 12.4. The lowest BCUT2D eigenvalue weighted by molar-refractivity contribution is 0.465. The molecule has 1 unspecified atom stereocenters. The summed E-state index contributed by atoms with van der Waals surface area (Å²) >= 11 is 6.87. The van der Waals surface area contributed by atoms with Crippen molar-refractivity contribution < 1.29 is 8.83 Å². The van der Waals surface area contributed by atoms with Crippen molar-refractivity contribution in [3.05, 3.63) is 52.7 Å². The molecule has 0 aliphatic rings. The second-order valence-corrected chi connectivity index (χ2v) is 5.78. The van der Waals surface area contributed by atoms with Gasteiger partial charge in [0.05, 0.1) is 4.83 Å². The highest BCUT2D eigenvalue weighted by Gasteiger charge is 2.16. The maximum absolute atomic E-state index is 5.67. The van der Waals surface area contributed by atoms with Crippen molar-refractivity contribution in [2.75, 3.05) is 0 Å². The zero-order chi connectivity index (χ0) is 12.5. The third kappa shape index (κ3) is 2.37. The van der Waals surface area contributed by atoms with Crippen molar-refractivity contribution in [3.63, 3.8) is 0 Å². The zero-order valence-electron chi connectivity index (χ0n) is 9.27. The van der Waals surface area contributed by atoms with E-state index in [2.05, 4.69) is 36.8 Å². The summed E-state index contributed by atoms with van der Waals surface area (Å²) in [5.74, 6) is 1.55. The van der Waals surface area contributed by atoms with Gasteiger partial charge in [0, 0.05) is 6.42 Å². The largest absolute Gasteiger partial charge is 0.453 e. The standard InChI is InChI=1S/C13H9Br2NO2/c14-8(10-5-6-12(15)17-10)7-13-16-9-3-1-2-4-11(9)18-13/h1-6,8H,7H2. The number of halogens is 2. The van der Waals surface area contributed by atoms with Crippen LogP contribution in [0.2, 0.25) is 0 Å². The lowest BCUT2D eigenvalue weighted by Gasteiger charge is -2.02. The predicted molar refractivity (Wildman–Crippen MR) is 75.8 cm³/mol. The van der Waals surface area contributed by atoms with Gasteiger partial charge in [-0.25, -0.2) is 4.98 Å². The SMILES string of the molecule is Brc1ccc(C(Br)Cc2nc3ccccc3o2)o1. The van der Waals surface area contributed by atoms with Crippen molar-refractivity contribution in [3.8, 4) is 0 Å². The van der Waals surface area contributed by atoms with Gasteiger partial charge < -0.3 is 8.83 Å². The van der Waals surface area contributed by atoms with Crippen molar-refractivity contribution in [2.24, 2.45) is 0 Å². The molecule has 3 aromatic rings. The summed E-state index contributed by atoms with van der Waals surface area (Å²) in [6, 6.07) is 11.5. The van der Waals surface area contributed by atoms with Crippen molar-refractivity contribution in [1.29, 1.82) is 0 Å². The van der Waals surface area contributed by atoms with Gasteiger partial charge in [-0.2, -0.15) is 0 Å². The molecular weight excluding hydrogens is 362 g/mol. The Labute approximate surface area is 120 Å². The molecule has 0 amide bonds. The van der Waals surface area contributed by atoms with Crippen LogP contribution in [-0.4, -0.2) is 4.98 Å². The molecule has 3 nitrogen and oxygen atoms in total. The van der Waals surface area contributed by atoms with Crippen LogP contribution in [0.4, 0.5) is 0 Å². The van der Waals surface area contributed by atoms with Crippen LogP contribution in [0.25, 0.3) is 11.1 Å². The van der Waals surface area contributed by atoms with Crippen LogP contribution < -0.4 is 0 Å². The fourth-order valence-electron chi connectivity index (χ4n) is 1.76. The number of oxazole rings is 1. The Bertz CT molecular complexity index is 641. The minimum Gasteiger partial charge on any atom is -0.453 e. The average molecular weight is 371 g/mol. The van der Waals surface area contributed by atoms with Gasteiger partial charge in [0.2, 0.25) is 0 Å². The van der Waals surface area contributed by atoms with Gasteiger partial charge in [-0.15, -0.1) is 0 Å². The highest BCUT2D eigenvalue weighted by atomic mass is 79.9. The maximum atomic E-state index is 5.67. The second kappa shape index (κ2) is 4.90. The topological polar surface area (TPSA) is 39.2 Å². The van der Waals surface area contributed by atoms with Gasteiger partial charge in [0.1, 0.15) is 11.3 Å². The summed E-state index contributed by atoms with van der Waals surface area (Å²) in [4.78, 5) is 4.49. The van der Waals surface area contributed by atoms with Crippen LogP contribution in [0.1, 0.15) is 16.5 Å². The smallest absolute Gasteiger partial charge is 0.197 e. The first-order valence-corrected chi connectivity index (χ1v) is 7.17. The van der Waals surface area contributed by atoms with Gasteiger partial charge in [-0.05, 0) is 40.2 Å². The summed E-state index contributed by atoms with van der Waals surface area (Å²) < 4.78 is 11.9. The van der Waals surface area contributed by atoms with Gasteiger partial charge >= 0.3 is 0 Å². The Morgan fingerprint density at radius 2 is 1.94 bits per heavy atom. The summed E-state index contributed by atoms with van der Waals surface area (Å²) in [6.07, 6.45) is 0.647. The van der Waals surface area contributed by atoms with Crippen LogP contribution in [0.15, 0.2) is 49.9 Å². The Hall–Kier alpha value is -1.07. The summed E-state index contributed by atoms with van der Waals surface area (Å²) in [7, 11) is 0. The van der Waals surface area contributed by atoms with E-state index in [4.69, 9.17) is 8.83 Å². The Kier molecular flexibility index (Phi) is 3.26. The number of para-hydroxylation sites is 2. The van der Waals surface area contributed by atoms with Crippen LogP contribution in [0, 0.1) is 0 Å². The minimum atomic E-state index is 0.0527. The van der Waals surface area contributed by atoms with E-state index in [0.29, 0.717) is 12.3 Å². The molecule has 0 aliphatic carbocycles. The molecule has 0 spiro atoms. The Morgan fingerprint density at radius 1 is 1.11 bits per heavy atom. The lowest BCUT2D eigenvalue weighted by Crippen LogP contribution is -1.93. The fourth-order valence-corrected chi connectivity index (χ4v) is 2.60. The number of aromatic nitrogens is 1. The second-order valence-electron chi connectivity index (χ2n) is 3.89. The van der Waals surface area contributed by atoms with Crippen LogP contribution in [0.3, 0.4) is 0 Å². The first-order valence-electron chi connectivity index (χ1n) is 5.46. The predicted octanol–water partition coefficient (Wildman–Crippen LogP) is 4.86. The van der Waals surface area contributed by atoms with Crippen molar-refractivity contribution in [2.45, 2.75) is 11.2 Å². The van der Waals surface area contributed by atoms with Crippen molar-refractivity contribution >= 4 is 43.0 Å². The first-order chi connectivity index (χ1) is 8.72. The molecule has 1 aromatic carbocycles. The molecule has 5 heteroatoms. The molecule has 0 saturated heterocycles. The molecule has 0 fully saturated rings. The molecule has 2 heterocycles. The van der Waals surface area contributed by atoms with E-state index in [-0.39, 0.29) is 4.83 Å². The minimum absolute atomic E-state index is 0.0527. The molecule has 0 saturated carbocycles. The molecule has 1 atom stereocenters. The number of furan rings is 1. The number of hydrogen-bond acceptors (Lipinski definition) is 3. The third-order valence-electron chi connectivity index (χ3n) is 2.59. The Balaban J connectivity index is 1.83. The molecular formula is C13H9Br2NO2. The van der Waals surface area contributed by atoms with E-state index < -0.39 is 0 Å². The van der Waals surface area contributed by atoms with Crippen LogP contribution in [0.5, 0.6) is 0 Å². The third-order valence-corrected chi connectivity index (χ3v) is 3.80. The van der Waals surface area contributed by atoms with Crippen molar-refractivity contribution in [1.82, 2.24) is 4.98 Å². The number of fused-ring (bicyclic) bond motifs is 1. The normalized spacial score (nSPS) is 13.0. The molecule has 2 aromatic heterocycles. The first kappa shape index (κ1) is 12.0. The average Bonchev–Trinajstić information content (AvgIpc) is 2.94. The molecule has 3 rings (SSSR count). The molecule has 0 bridgehead atoms. The molecule has 18 heavy (non-hydrogen) atoms. The highest BCUT2D eigenvalue weighted by Crippen LogP contribution is 2.30. The van der Waals surface area contributed by atoms with E-state index in [9.17, 15) is 0 Å². The van der Waals surface area contributed by atoms with Crippen LogP contribution in [-0.2, 0) is 6.42 Å². The Morgan fingerprint density at radius 3 is 2.67 bits per heavy atom. The molecule has 0 radical (unpaired) electrons. The highest BCUT2D eigenvalue weighted by molar-refractivity contribution is 9.10.